The summed E-state index contributed by atoms with van der Waals surface area (Å²) < 4.78 is 13.0. The Morgan fingerprint density at radius 2 is 2.17 bits per heavy atom. The summed E-state index contributed by atoms with van der Waals surface area (Å²) in [5.41, 5.74) is 1.03. The summed E-state index contributed by atoms with van der Waals surface area (Å²) in [6, 6.07) is 6.35. The van der Waals surface area contributed by atoms with E-state index in [0.29, 0.717) is 13.1 Å². The van der Waals surface area contributed by atoms with E-state index in [4.69, 9.17) is 0 Å². The lowest BCUT2D eigenvalue weighted by molar-refractivity contribution is -0.128. The molecule has 1 amide bonds. The largest absolute Gasteiger partial charge is 0.348 e. The number of hydrogen-bond acceptors (Lipinski definition) is 3. The molecule has 0 bridgehead atoms. The monoisotopic (exact) mass is 316 g/mol. The number of benzene rings is 1. The van der Waals surface area contributed by atoms with Crippen LogP contribution in [0.5, 0.6) is 0 Å². The first-order valence-corrected chi connectivity index (χ1v) is 7.97. The van der Waals surface area contributed by atoms with Crippen molar-refractivity contribution in [3.05, 3.63) is 53.9 Å². The highest BCUT2D eigenvalue weighted by Crippen LogP contribution is 2.20. The first-order chi connectivity index (χ1) is 11.2. The molecular weight excluding hydrogens is 295 g/mol. The molecule has 0 unspecified atom stereocenters. The number of nitrogens with zero attached hydrogens (tertiary/aromatic N) is 2. The Balaban J connectivity index is 1.61. The summed E-state index contributed by atoms with van der Waals surface area (Å²) in [6.07, 6.45) is 6.40. The number of carbonyl (C=O) groups is 1. The van der Waals surface area contributed by atoms with Gasteiger partial charge in [0.2, 0.25) is 5.91 Å². The van der Waals surface area contributed by atoms with Gasteiger partial charge in [0.15, 0.2) is 0 Å². The lowest BCUT2D eigenvalue weighted by Gasteiger charge is -2.34. The van der Waals surface area contributed by atoms with Crippen molar-refractivity contribution in [2.75, 3.05) is 6.54 Å². The van der Waals surface area contributed by atoms with Crippen LogP contribution < -0.4 is 5.32 Å². The molecule has 2 N–H and O–H groups in total. The number of nitrogens with one attached hydrogen (secondary N) is 2. The number of amides is 1. The van der Waals surface area contributed by atoms with Gasteiger partial charge in [-0.15, -0.1) is 0 Å². The fourth-order valence-electron chi connectivity index (χ4n) is 2.98. The van der Waals surface area contributed by atoms with Crippen molar-refractivity contribution in [3.8, 4) is 0 Å². The molecular formula is C17H21FN4O. The van der Waals surface area contributed by atoms with Crippen LogP contribution in [-0.4, -0.2) is 33.4 Å². The molecule has 2 heterocycles. The minimum atomic E-state index is -0.236. The van der Waals surface area contributed by atoms with Gasteiger partial charge in [0.25, 0.3) is 0 Å². The summed E-state index contributed by atoms with van der Waals surface area (Å²) in [6.45, 7) is 1.96. The maximum absolute atomic E-state index is 13.0. The number of aromatic nitrogens is 2. The van der Waals surface area contributed by atoms with Crippen molar-refractivity contribution in [2.45, 2.75) is 38.4 Å². The number of halogens is 1. The van der Waals surface area contributed by atoms with Crippen LogP contribution in [0.15, 0.2) is 36.7 Å². The number of imidazole rings is 1. The zero-order valence-electron chi connectivity index (χ0n) is 13.0. The molecule has 1 aromatic carbocycles. The van der Waals surface area contributed by atoms with Gasteiger partial charge in [0.1, 0.15) is 11.6 Å². The number of aromatic amines is 1. The Morgan fingerprint density at radius 1 is 1.35 bits per heavy atom. The highest BCUT2D eigenvalue weighted by molar-refractivity contribution is 5.81. The van der Waals surface area contributed by atoms with E-state index in [1.807, 2.05) is 0 Å². The highest BCUT2D eigenvalue weighted by atomic mass is 19.1. The van der Waals surface area contributed by atoms with Crippen LogP contribution in [0.2, 0.25) is 0 Å². The summed E-state index contributed by atoms with van der Waals surface area (Å²) in [7, 11) is 0. The van der Waals surface area contributed by atoms with Crippen molar-refractivity contribution in [1.29, 1.82) is 0 Å². The molecule has 0 spiro atoms. The maximum Gasteiger partial charge on any atom is 0.237 e. The van der Waals surface area contributed by atoms with Gasteiger partial charge in [-0.1, -0.05) is 18.6 Å². The van der Waals surface area contributed by atoms with Crippen LogP contribution in [0.4, 0.5) is 4.39 Å². The van der Waals surface area contributed by atoms with Crippen LogP contribution in [-0.2, 0) is 17.9 Å². The average molecular weight is 316 g/mol. The van der Waals surface area contributed by atoms with Gasteiger partial charge in [0, 0.05) is 18.9 Å². The quantitative estimate of drug-likeness (QED) is 0.889. The number of H-pyrrole nitrogens is 1. The van der Waals surface area contributed by atoms with E-state index in [9.17, 15) is 9.18 Å². The summed E-state index contributed by atoms with van der Waals surface area (Å²) in [5.74, 6) is 0.544. The maximum atomic E-state index is 13.0. The molecule has 0 radical (unpaired) electrons. The summed E-state index contributed by atoms with van der Waals surface area (Å²) in [4.78, 5) is 21.8. The third-order valence-corrected chi connectivity index (χ3v) is 4.20. The number of likely N-dealkylation sites (tertiary alicyclic amines) is 1. The topological polar surface area (TPSA) is 61.0 Å². The predicted octanol–water partition coefficient (Wildman–Crippen LogP) is 2.22. The first kappa shape index (κ1) is 15.7. The molecule has 5 nitrogen and oxygen atoms in total. The van der Waals surface area contributed by atoms with E-state index in [0.717, 1.165) is 37.2 Å². The standard InChI is InChI=1S/C17H21FN4O/c18-14-6-4-13(5-7-14)12-22-10-2-1-3-15(22)17(23)21-11-16-19-8-9-20-16/h4-9,15H,1-3,10-12H2,(H,19,20)(H,21,23)/t15-/m1/s1. The highest BCUT2D eigenvalue weighted by Gasteiger charge is 2.28. The summed E-state index contributed by atoms with van der Waals surface area (Å²) in [5, 5.41) is 2.95. The first-order valence-electron chi connectivity index (χ1n) is 7.97. The number of carbonyl (C=O) groups excluding carboxylic acids is 1. The fourth-order valence-corrected chi connectivity index (χ4v) is 2.98. The molecule has 122 valence electrons. The van der Waals surface area contributed by atoms with Gasteiger partial charge < -0.3 is 10.3 Å². The second kappa shape index (κ2) is 7.37. The minimum absolute atomic E-state index is 0.0308. The predicted molar refractivity (Wildman–Crippen MR) is 84.9 cm³/mol. The Morgan fingerprint density at radius 3 is 2.91 bits per heavy atom. The average Bonchev–Trinajstić information content (AvgIpc) is 3.09. The third-order valence-electron chi connectivity index (χ3n) is 4.20. The number of hydrogen-bond donors (Lipinski definition) is 2. The minimum Gasteiger partial charge on any atom is -0.348 e. The molecule has 1 atom stereocenters. The Kier molecular flexibility index (Phi) is 5.02. The molecule has 3 rings (SSSR count). The zero-order chi connectivity index (χ0) is 16.1. The molecule has 1 aliphatic heterocycles. The molecule has 0 aliphatic carbocycles. The van der Waals surface area contributed by atoms with Crippen LogP contribution >= 0.6 is 0 Å². The van der Waals surface area contributed by atoms with Gasteiger partial charge in [-0.25, -0.2) is 9.37 Å². The lowest BCUT2D eigenvalue weighted by atomic mass is 10.0. The van der Waals surface area contributed by atoms with Crippen LogP contribution in [0.1, 0.15) is 30.7 Å². The van der Waals surface area contributed by atoms with Crippen molar-refractivity contribution in [1.82, 2.24) is 20.2 Å². The van der Waals surface area contributed by atoms with Crippen molar-refractivity contribution < 1.29 is 9.18 Å². The molecule has 2 aromatic rings. The van der Waals surface area contributed by atoms with Crippen LogP contribution in [0.3, 0.4) is 0 Å². The number of rotatable bonds is 5. The number of piperidine rings is 1. The molecule has 23 heavy (non-hydrogen) atoms. The van der Waals surface area contributed by atoms with E-state index in [1.54, 1.807) is 24.5 Å². The Bertz CT molecular complexity index is 627. The SMILES string of the molecule is O=C(NCc1ncc[nH]1)[C@H]1CCCCN1Cc1ccc(F)cc1. The van der Waals surface area contributed by atoms with E-state index in [1.165, 1.54) is 12.1 Å². The van der Waals surface area contributed by atoms with Crippen LogP contribution in [0.25, 0.3) is 0 Å². The van der Waals surface area contributed by atoms with Crippen molar-refractivity contribution in [2.24, 2.45) is 0 Å². The lowest BCUT2D eigenvalue weighted by Crippen LogP contribution is -2.48. The summed E-state index contributed by atoms with van der Waals surface area (Å²) >= 11 is 0. The third kappa shape index (κ3) is 4.16. The van der Waals surface area contributed by atoms with Gasteiger partial charge >= 0.3 is 0 Å². The Labute approximate surface area is 134 Å². The Hall–Kier alpha value is -2.21. The van der Waals surface area contributed by atoms with Crippen molar-refractivity contribution in [3.63, 3.8) is 0 Å². The molecule has 1 aliphatic rings. The van der Waals surface area contributed by atoms with E-state index >= 15 is 0 Å². The van der Waals surface area contributed by atoms with E-state index in [2.05, 4.69) is 20.2 Å². The van der Waals surface area contributed by atoms with E-state index < -0.39 is 0 Å². The smallest absolute Gasteiger partial charge is 0.237 e. The van der Waals surface area contributed by atoms with Gasteiger partial charge in [-0.2, -0.15) is 0 Å². The molecule has 0 saturated carbocycles. The molecule has 6 heteroatoms. The molecule has 1 saturated heterocycles. The second-order valence-corrected chi connectivity index (χ2v) is 5.86. The fraction of sp³-hybridized carbons (Fsp3) is 0.412. The van der Waals surface area contributed by atoms with Gasteiger partial charge in [-0.3, -0.25) is 9.69 Å². The zero-order valence-corrected chi connectivity index (χ0v) is 13.0. The van der Waals surface area contributed by atoms with Crippen LogP contribution in [0, 0.1) is 5.82 Å². The van der Waals surface area contributed by atoms with Gasteiger partial charge in [-0.05, 0) is 37.1 Å². The van der Waals surface area contributed by atoms with Crippen molar-refractivity contribution >= 4 is 5.91 Å². The second-order valence-electron chi connectivity index (χ2n) is 5.86. The normalized spacial score (nSPS) is 18.7. The molecule has 1 fully saturated rings. The molecule has 1 aromatic heterocycles. The van der Waals surface area contributed by atoms with E-state index in [-0.39, 0.29) is 17.8 Å². The van der Waals surface area contributed by atoms with Gasteiger partial charge in [0.05, 0.1) is 12.6 Å².